The van der Waals surface area contributed by atoms with E-state index < -0.39 is 0 Å². The van der Waals surface area contributed by atoms with Crippen molar-refractivity contribution in [3.63, 3.8) is 0 Å². The summed E-state index contributed by atoms with van der Waals surface area (Å²) in [5, 5.41) is 1.01. The molecule has 148 valence electrons. The van der Waals surface area contributed by atoms with Gasteiger partial charge in [-0.2, -0.15) is 0 Å². The van der Waals surface area contributed by atoms with Crippen LogP contribution in [0.1, 0.15) is 74.5 Å². The Kier molecular flexibility index (Phi) is 6.56. The summed E-state index contributed by atoms with van der Waals surface area (Å²) < 4.78 is 8.54. The second-order valence-corrected chi connectivity index (χ2v) is 7.76. The fourth-order valence-electron chi connectivity index (χ4n) is 3.99. The van der Waals surface area contributed by atoms with Crippen molar-refractivity contribution in [3.05, 3.63) is 65.4 Å². The molecule has 0 N–H and O–H groups in total. The number of hydrogen-bond donors (Lipinski definition) is 0. The number of benzene rings is 2. The highest BCUT2D eigenvalue weighted by Crippen LogP contribution is 2.33. The molecule has 0 saturated carbocycles. The van der Waals surface area contributed by atoms with Crippen LogP contribution in [0.15, 0.2) is 48.5 Å². The Morgan fingerprint density at radius 2 is 1.82 bits per heavy atom. The smallest absolute Gasteiger partial charge is 0.152 e. The van der Waals surface area contributed by atoms with Crippen LogP contribution in [-0.2, 0) is 6.54 Å². The molecular weight excluding hydrogens is 346 g/mol. The number of rotatable bonds is 9. The number of nitrogens with zero attached hydrogens (tertiary/aromatic N) is 1. The Balaban J connectivity index is 2.12. The molecule has 0 spiro atoms. The molecular formula is C25H31NO2. The molecule has 0 bridgehead atoms. The second kappa shape index (κ2) is 9.09. The predicted octanol–water partition coefficient (Wildman–Crippen LogP) is 6.58. The van der Waals surface area contributed by atoms with E-state index in [1.165, 1.54) is 5.56 Å². The predicted molar refractivity (Wildman–Crippen MR) is 117 cm³/mol. The van der Waals surface area contributed by atoms with Gasteiger partial charge in [-0.15, -0.1) is 0 Å². The average Bonchev–Trinajstić information content (AvgIpc) is 3.01. The molecule has 1 aromatic heterocycles. The molecule has 28 heavy (non-hydrogen) atoms. The molecule has 0 saturated heterocycles. The van der Waals surface area contributed by atoms with Crippen LogP contribution in [0.3, 0.4) is 0 Å². The Hall–Kier alpha value is -2.55. The van der Waals surface area contributed by atoms with E-state index in [4.69, 9.17) is 4.74 Å². The Morgan fingerprint density at radius 1 is 1.07 bits per heavy atom. The zero-order chi connectivity index (χ0) is 20.1. The number of ether oxygens (including phenoxy) is 1. The topological polar surface area (TPSA) is 31.2 Å². The number of fused-ring (bicyclic) bond motifs is 1. The molecule has 1 heterocycles. The fraction of sp³-hybridized carbons (Fsp3) is 0.400. The number of aldehydes is 1. The maximum absolute atomic E-state index is 12.0. The average molecular weight is 378 g/mol. The van der Waals surface area contributed by atoms with Crippen LogP contribution in [0.4, 0.5) is 0 Å². The van der Waals surface area contributed by atoms with Crippen molar-refractivity contribution in [3.8, 4) is 5.75 Å². The first-order valence-electron chi connectivity index (χ1n) is 10.4. The largest absolute Gasteiger partial charge is 0.490 e. The minimum Gasteiger partial charge on any atom is -0.490 e. The third-order valence-corrected chi connectivity index (χ3v) is 5.33. The van der Waals surface area contributed by atoms with Crippen molar-refractivity contribution in [1.82, 2.24) is 4.57 Å². The molecule has 3 rings (SSSR count). The summed E-state index contributed by atoms with van der Waals surface area (Å²) in [6.07, 6.45) is 4.39. The number of hydrogen-bond acceptors (Lipinski definition) is 2. The lowest BCUT2D eigenvalue weighted by Crippen LogP contribution is -2.14. The number of carbonyl (C=O) groups is 1. The van der Waals surface area contributed by atoms with Gasteiger partial charge in [0.15, 0.2) is 6.29 Å². The van der Waals surface area contributed by atoms with Crippen LogP contribution in [0, 0.1) is 0 Å². The first kappa shape index (κ1) is 20.2. The molecule has 1 unspecified atom stereocenters. The maximum atomic E-state index is 12.0. The molecule has 1 atom stereocenters. The molecule has 3 heteroatoms. The zero-order valence-electron chi connectivity index (χ0n) is 17.4. The van der Waals surface area contributed by atoms with Gasteiger partial charge in [0.2, 0.25) is 0 Å². The van der Waals surface area contributed by atoms with Crippen LogP contribution in [0.2, 0.25) is 0 Å². The highest BCUT2D eigenvalue weighted by Gasteiger charge is 2.20. The summed E-state index contributed by atoms with van der Waals surface area (Å²) in [7, 11) is 0. The molecule has 0 radical (unpaired) electrons. The standard InChI is InChI=1S/C25H31NO2/c1-5-10-20(6-2)28-21-13-14-22-23(17-27)25(18(3)4)26(24(22)15-21)16-19-11-8-7-9-12-19/h7-9,11-15,17-18,20H,5-6,10,16H2,1-4H3. The summed E-state index contributed by atoms with van der Waals surface area (Å²) in [4.78, 5) is 12.0. The van der Waals surface area contributed by atoms with E-state index in [1.54, 1.807) is 0 Å². The Morgan fingerprint density at radius 3 is 2.43 bits per heavy atom. The van der Waals surface area contributed by atoms with Crippen LogP contribution < -0.4 is 4.74 Å². The highest BCUT2D eigenvalue weighted by molar-refractivity contribution is 6.00. The highest BCUT2D eigenvalue weighted by atomic mass is 16.5. The van der Waals surface area contributed by atoms with Crippen LogP contribution in [0.25, 0.3) is 10.9 Å². The van der Waals surface area contributed by atoms with Crippen molar-refractivity contribution in [2.24, 2.45) is 0 Å². The lowest BCUT2D eigenvalue weighted by Gasteiger charge is -2.18. The lowest BCUT2D eigenvalue weighted by atomic mass is 10.0. The van der Waals surface area contributed by atoms with E-state index in [0.717, 1.165) is 60.0 Å². The zero-order valence-corrected chi connectivity index (χ0v) is 17.4. The van der Waals surface area contributed by atoms with E-state index >= 15 is 0 Å². The minimum atomic E-state index is 0.232. The van der Waals surface area contributed by atoms with E-state index in [1.807, 2.05) is 18.2 Å². The molecule has 0 fully saturated rings. The summed E-state index contributed by atoms with van der Waals surface area (Å²) >= 11 is 0. The van der Waals surface area contributed by atoms with E-state index in [9.17, 15) is 4.79 Å². The van der Waals surface area contributed by atoms with Crippen molar-refractivity contribution in [2.45, 2.75) is 65.5 Å². The third-order valence-electron chi connectivity index (χ3n) is 5.33. The monoisotopic (exact) mass is 377 g/mol. The van der Waals surface area contributed by atoms with Gasteiger partial charge in [-0.25, -0.2) is 0 Å². The van der Waals surface area contributed by atoms with Gasteiger partial charge in [-0.3, -0.25) is 4.79 Å². The fourth-order valence-corrected chi connectivity index (χ4v) is 3.99. The number of carbonyl (C=O) groups excluding carboxylic acids is 1. The lowest BCUT2D eigenvalue weighted by molar-refractivity contribution is 0.112. The molecule has 3 nitrogen and oxygen atoms in total. The Labute approximate surface area is 168 Å². The summed E-state index contributed by atoms with van der Waals surface area (Å²) in [5.74, 6) is 1.14. The van der Waals surface area contributed by atoms with Gasteiger partial charge in [0, 0.05) is 29.3 Å². The molecule has 0 aliphatic heterocycles. The molecule has 0 amide bonds. The third kappa shape index (κ3) is 4.14. The van der Waals surface area contributed by atoms with Gasteiger partial charge in [-0.05, 0) is 36.5 Å². The van der Waals surface area contributed by atoms with Crippen LogP contribution in [-0.4, -0.2) is 17.0 Å². The first-order chi connectivity index (χ1) is 13.6. The molecule has 3 aromatic rings. The van der Waals surface area contributed by atoms with Crippen molar-refractivity contribution in [2.75, 3.05) is 0 Å². The van der Waals surface area contributed by atoms with Gasteiger partial charge < -0.3 is 9.30 Å². The summed E-state index contributed by atoms with van der Waals surface area (Å²) in [6.45, 7) is 9.39. The maximum Gasteiger partial charge on any atom is 0.152 e. The second-order valence-electron chi connectivity index (χ2n) is 7.76. The minimum absolute atomic E-state index is 0.232. The Bertz CT molecular complexity index is 925. The normalized spacial score (nSPS) is 12.5. The van der Waals surface area contributed by atoms with Gasteiger partial charge >= 0.3 is 0 Å². The van der Waals surface area contributed by atoms with E-state index in [0.29, 0.717) is 0 Å². The molecule has 0 aliphatic rings. The van der Waals surface area contributed by atoms with Crippen molar-refractivity contribution < 1.29 is 9.53 Å². The van der Waals surface area contributed by atoms with Crippen molar-refractivity contribution in [1.29, 1.82) is 0 Å². The summed E-state index contributed by atoms with van der Waals surface area (Å²) in [6, 6.07) is 16.6. The number of aromatic nitrogens is 1. The van der Waals surface area contributed by atoms with Crippen LogP contribution in [0.5, 0.6) is 5.75 Å². The van der Waals surface area contributed by atoms with Gasteiger partial charge in [0.1, 0.15) is 5.75 Å². The van der Waals surface area contributed by atoms with E-state index in [-0.39, 0.29) is 12.0 Å². The first-order valence-corrected chi connectivity index (χ1v) is 10.4. The molecule has 2 aromatic carbocycles. The van der Waals surface area contributed by atoms with Gasteiger partial charge in [0.05, 0.1) is 11.6 Å². The van der Waals surface area contributed by atoms with Gasteiger partial charge in [-0.1, -0.05) is 64.4 Å². The van der Waals surface area contributed by atoms with Crippen LogP contribution >= 0.6 is 0 Å². The van der Waals surface area contributed by atoms with Crippen molar-refractivity contribution >= 4 is 17.2 Å². The van der Waals surface area contributed by atoms with Gasteiger partial charge in [0.25, 0.3) is 0 Å². The SMILES string of the molecule is CCCC(CC)Oc1ccc2c(C=O)c(C(C)C)n(Cc3ccccc3)c2c1. The quantitative estimate of drug-likeness (QED) is 0.394. The summed E-state index contributed by atoms with van der Waals surface area (Å²) in [5.41, 5.74) is 4.18. The van der Waals surface area contributed by atoms with E-state index in [2.05, 4.69) is 62.6 Å². The molecule has 0 aliphatic carbocycles.